The fourth-order valence-corrected chi connectivity index (χ4v) is 3.06. The molecule has 3 rings (SSSR count). The minimum Gasteiger partial charge on any atom is -0.481 e. The molecular formula is C21H26N4O2. The molecule has 0 fully saturated rings. The first-order valence-electron chi connectivity index (χ1n) is 9.04. The minimum absolute atomic E-state index is 0.00952. The number of nitrogens with zero attached hydrogens (tertiary/aromatic N) is 2. The van der Waals surface area contributed by atoms with Gasteiger partial charge in [-0.25, -0.2) is 4.98 Å². The van der Waals surface area contributed by atoms with Crippen LogP contribution in [0.3, 0.4) is 0 Å². The van der Waals surface area contributed by atoms with Crippen LogP contribution in [0, 0.1) is 0 Å². The first kappa shape index (κ1) is 19.1. The maximum absolute atomic E-state index is 6.47. The SMILES string of the molecule is COc1ccc(CNCC(C)OC(C)(c2ccccc2)c2ccn[nH]2)cn1. The van der Waals surface area contributed by atoms with Gasteiger partial charge in [-0.2, -0.15) is 5.10 Å². The molecule has 2 atom stereocenters. The van der Waals surface area contributed by atoms with Crippen molar-refractivity contribution in [3.63, 3.8) is 0 Å². The fraction of sp³-hybridized carbons (Fsp3) is 0.333. The minimum atomic E-state index is -0.597. The van der Waals surface area contributed by atoms with Crippen molar-refractivity contribution in [2.24, 2.45) is 0 Å². The Hall–Kier alpha value is -2.70. The highest BCUT2D eigenvalue weighted by Gasteiger charge is 2.33. The molecule has 0 bridgehead atoms. The summed E-state index contributed by atoms with van der Waals surface area (Å²) in [6.45, 7) is 5.57. The molecule has 27 heavy (non-hydrogen) atoms. The summed E-state index contributed by atoms with van der Waals surface area (Å²) in [5.74, 6) is 0.619. The summed E-state index contributed by atoms with van der Waals surface area (Å²) in [6, 6.07) is 16.0. The topological polar surface area (TPSA) is 72.1 Å². The summed E-state index contributed by atoms with van der Waals surface area (Å²) < 4.78 is 11.6. The maximum Gasteiger partial charge on any atom is 0.212 e. The first-order chi connectivity index (χ1) is 13.1. The Morgan fingerprint density at radius 1 is 1.15 bits per heavy atom. The van der Waals surface area contributed by atoms with Crippen LogP contribution in [-0.2, 0) is 16.9 Å². The summed E-state index contributed by atoms with van der Waals surface area (Å²) in [5.41, 5.74) is 2.52. The Bertz CT molecular complexity index is 806. The van der Waals surface area contributed by atoms with Crippen LogP contribution in [0.15, 0.2) is 60.9 Å². The lowest BCUT2D eigenvalue weighted by Gasteiger charge is -2.32. The number of H-pyrrole nitrogens is 1. The number of methoxy groups -OCH3 is 1. The normalized spacial score (nSPS) is 14.5. The van der Waals surface area contributed by atoms with Gasteiger partial charge in [0.2, 0.25) is 5.88 Å². The van der Waals surface area contributed by atoms with Crippen molar-refractivity contribution in [2.75, 3.05) is 13.7 Å². The molecule has 2 N–H and O–H groups in total. The number of benzene rings is 1. The van der Waals surface area contributed by atoms with Gasteiger partial charge in [-0.3, -0.25) is 5.10 Å². The van der Waals surface area contributed by atoms with E-state index in [1.807, 2.05) is 42.6 Å². The first-order valence-corrected chi connectivity index (χ1v) is 9.04. The van der Waals surface area contributed by atoms with Crippen LogP contribution >= 0.6 is 0 Å². The van der Waals surface area contributed by atoms with Gasteiger partial charge >= 0.3 is 0 Å². The summed E-state index contributed by atoms with van der Waals surface area (Å²) in [4.78, 5) is 4.22. The molecule has 6 nitrogen and oxygen atoms in total. The molecule has 6 heteroatoms. The van der Waals surface area contributed by atoms with Crippen LogP contribution < -0.4 is 10.1 Å². The molecule has 0 aliphatic rings. The highest BCUT2D eigenvalue weighted by Crippen LogP contribution is 2.33. The zero-order chi connectivity index (χ0) is 19.1. The van der Waals surface area contributed by atoms with Gasteiger partial charge in [-0.1, -0.05) is 36.4 Å². The summed E-state index contributed by atoms with van der Waals surface area (Å²) >= 11 is 0. The van der Waals surface area contributed by atoms with E-state index in [0.717, 1.165) is 23.4 Å². The van der Waals surface area contributed by atoms with Crippen LogP contribution in [0.25, 0.3) is 0 Å². The van der Waals surface area contributed by atoms with E-state index in [9.17, 15) is 0 Å². The molecule has 0 amide bonds. The summed E-state index contributed by atoms with van der Waals surface area (Å²) in [7, 11) is 1.61. The van der Waals surface area contributed by atoms with Crippen molar-refractivity contribution in [2.45, 2.75) is 32.1 Å². The van der Waals surface area contributed by atoms with Crippen molar-refractivity contribution in [3.8, 4) is 5.88 Å². The van der Waals surface area contributed by atoms with E-state index in [4.69, 9.17) is 9.47 Å². The van der Waals surface area contributed by atoms with E-state index in [0.29, 0.717) is 12.4 Å². The van der Waals surface area contributed by atoms with Gasteiger partial charge < -0.3 is 14.8 Å². The molecule has 0 aliphatic carbocycles. The quantitative estimate of drug-likeness (QED) is 0.608. The second kappa shape index (κ2) is 8.79. The molecule has 0 aliphatic heterocycles. The zero-order valence-electron chi connectivity index (χ0n) is 16.0. The van der Waals surface area contributed by atoms with Crippen LogP contribution in [0.2, 0.25) is 0 Å². The van der Waals surface area contributed by atoms with Crippen molar-refractivity contribution < 1.29 is 9.47 Å². The van der Waals surface area contributed by atoms with Gasteiger partial charge in [0.15, 0.2) is 0 Å². The maximum atomic E-state index is 6.47. The van der Waals surface area contributed by atoms with E-state index < -0.39 is 5.60 Å². The zero-order valence-corrected chi connectivity index (χ0v) is 16.0. The summed E-state index contributed by atoms with van der Waals surface area (Å²) in [5, 5.41) is 10.6. The highest BCUT2D eigenvalue weighted by atomic mass is 16.5. The van der Waals surface area contributed by atoms with E-state index in [-0.39, 0.29) is 6.10 Å². The standard InChI is InChI=1S/C21H26N4O2/c1-16(13-22-14-17-9-10-20(26-3)23-15-17)27-21(2,19-11-12-24-25-19)18-7-5-4-6-8-18/h4-12,15-16,22H,13-14H2,1-3H3,(H,24,25). The monoisotopic (exact) mass is 366 g/mol. The third kappa shape index (κ3) is 4.72. The molecule has 0 spiro atoms. The lowest BCUT2D eigenvalue weighted by molar-refractivity contribution is -0.0544. The predicted molar refractivity (Wildman–Crippen MR) is 105 cm³/mol. The van der Waals surface area contributed by atoms with Crippen LogP contribution in [0.1, 0.15) is 30.7 Å². The average molecular weight is 366 g/mol. The number of pyridine rings is 1. The van der Waals surface area contributed by atoms with E-state index in [1.165, 1.54) is 0 Å². The molecule has 0 radical (unpaired) electrons. The average Bonchev–Trinajstić information content (AvgIpc) is 3.25. The Labute approximate surface area is 159 Å². The van der Waals surface area contributed by atoms with Crippen molar-refractivity contribution in [1.82, 2.24) is 20.5 Å². The molecule has 0 saturated carbocycles. The molecule has 142 valence electrons. The molecule has 2 heterocycles. The highest BCUT2D eigenvalue weighted by molar-refractivity contribution is 5.31. The van der Waals surface area contributed by atoms with E-state index in [1.54, 1.807) is 13.3 Å². The van der Waals surface area contributed by atoms with Crippen molar-refractivity contribution in [1.29, 1.82) is 0 Å². The van der Waals surface area contributed by atoms with Crippen LogP contribution in [-0.4, -0.2) is 34.9 Å². The smallest absolute Gasteiger partial charge is 0.212 e. The number of aromatic nitrogens is 3. The van der Waals surface area contributed by atoms with Gasteiger partial charge in [-0.05, 0) is 31.0 Å². The largest absolute Gasteiger partial charge is 0.481 e. The molecule has 2 unspecified atom stereocenters. The number of aromatic amines is 1. The Kier molecular flexibility index (Phi) is 6.21. The third-order valence-corrected chi connectivity index (χ3v) is 4.54. The fourth-order valence-electron chi connectivity index (χ4n) is 3.06. The number of hydrogen-bond donors (Lipinski definition) is 2. The van der Waals surface area contributed by atoms with Gasteiger partial charge in [0.1, 0.15) is 5.60 Å². The van der Waals surface area contributed by atoms with Gasteiger partial charge in [-0.15, -0.1) is 0 Å². The summed E-state index contributed by atoms with van der Waals surface area (Å²) in [6.07, 6.45) is 3.56. The number of ether oxygens (including phenoxy) is 2. The van der Waals surface area contributed by atoms with E-state index >= 15 is 0 Å². The Morgan fingerprint density at radius 3 is 2.59 bits per heavy atom. The van der Waals surface area contributed by atoms with Gasteiger partial charge in [0.05, 0.1) is 18.9 Å². The van der Waals surface area contributed by atoms with Crippen molar-refractivity contribution in [3.05, 3.63) is 77.7 Å². The van der Waals surface area contributed by atoms with Gasteiger partial charge in [0, 0.05) is 31.5 Å². The van der Waals surface area contributed by atoms with Crippen LogP contribution in [0.5, 0.6) is 5.88 Å². The number of rotatable bonds is 9. The lowest BCUT2D eigenvalue weighted by atomic mass is 9.92. The van der Waals surface area contributed by atoms with Crippen LogP contribution in [0.4, 0.5) is 0 Å². The van der Waals surface area contributed by atoms with Crippen molar-refractivity contribution >= 4 is 0 Å². The third-order valence-electron chi connectivity index (χ3n) is 4.54. The Morgan fingerprint density at radius 2 is 1.96 bits per heavy atom. The molecule has 3 aromatic rings. The predicted octanol–water partition coefficient (Wildman–Crippen LogP) is 3.27. The number of nitrogens with one attached hydrogen (secondary N) is 2. The molecule has 2 aromatic heterocycles. The van der Waals surface area contributed by atoms with Gasteiger partial charge in [0.25, 0.3) is 0 Å². The van der Waals surface area contributed by atoms with E-state index in [2.05, 4.69) is 46.5 Å². The Balaban J connectivity index is 1.62. The second-order valence-electron chi connectivity index (χ2n) is 6.64. The second-order valence-corrected chi connectivity index (χ2v) is 6.64. The molecule has 0 saturated heterocycles. The molecule has 1 aromatic carbocycles. The molecular weight excluding hydrogens is 340 g/mol. The number of hydrogen-bond acceptors (Lipinski definition) is 5. The lowest BCUT2D eigenvalue weighted by Crippen LogP contribution is -2.36.